The number of ether oxygens (including phenoxy) is 1. The topological polar surface area (TPSA) is 115 Å². The van der Waals surface area contributed by atoms with E-state index in [-0.39, 0.29) is 42.3 Å². The number of nitrogens with one attached hydrogen (secondary N) is 3. The van der Waals surface area contributed by atoms with Gasteiger partial charge in [-0.3, -0.25) is 4.90 Å². The van der Waals surface area contributed by atoms with Gasteiger partial charge in [-0.2, -0.15) is 9.97 Å². The molecule has 6 heterocycles. The summed E-state index contributed by atoms with van der Waals surface area (Å²) in [4.78, 5) is 25.8. The number of alkyl halides is 2. The number of aromatic hydroxyl groups is 1. The van der Waals surface area contributed by atoms with Crippen molar-refractivity contribution in [2.75, 3.05) is 44.2 Å². The number of hydrogen-bond donors (Lipinski definition) is 4. The Morgan fingerprint density at radius 3 is 2.81 bits per heavy atom. The summed E-state index contributed by atoms with van der Waals surface area (Å²) in [6.45, 7) is 5.03. The number of rotatable bonds is 6. The maximum Gasteiger partial charge on any atom is 0.319 e. The molecule has 8 rings (SSSR count). The van der Waals surface area contributed by atoms with Gasteiger partial charge in [-0.25, -0.2) is 18.0 Å². The van der Waals surface area contributed by atoms with E-state index in [1.807, 2.05) is 6.92 Å². The highest BCUT2D eigenvalue weighted by Gasteiger charge is 2.50. The van der Waals surface area contributed by atoms with Crippen molar-refractivity contribution in [1.82, 2.24) is 30.8 Å². The van der Waals surface area contributed by atoms with Crippen LogP contribution in [0.15, 0.2) is 18.2 Å². The second-order valence-electron chi connectivity index (χ2n) is 14.0. The molecule has 1 aliphatic carbocycles. The Morgan fingerprint density at radius 2 is 2.00 bits per heavy atom. The van der Waals surface area contributed by atoms with Crippen molar-refractivity contribution >= 4 is 29.4 Å². The van der Waals surface area contributed by atoms with E-state index >= 15 is 8.78 Å². The Labute approximate surface area is 271 Å². The van der Waals surface area contributed by atoms with Crippen LogP contribution in [0.1, 0.15) is 79.3 Å². The minimum Gasteiger partial charge on any atom is -0.508 e. The average molecular weight is 652 g/mol. The van der Waals surface area contributed by atoms with Crippen LogP contribution < -0.4 is 25.6 Å². The van der Waals surface area contributed by atoms with Gasteiger partial charge in [-0.05, 0) is 68.0 Å². The molecule has 5 aliphatic heterocycles. The van der Waals surface area contributed by atoms with Crippen LogP contribution in [-0.2, 0) is 6.54 Å². The summed E-state index contributed by atoms with van der Waals surface area (Å²) in [7, 11) is 0. The lowest BCUT2D eigenvalue weighted by Crippen LogP contribution is -2.56. The summed E-state index contributed by atoms with van der Waals surface area (Å²) >= 11 is 0. The van der Waals surface area contributed by atoms with Crippen molar-refractivity contribution in [3.8, 4) is 11.8 Å². The number of aromatic nitrogens is 2. The molecule has 13 heteroatoms. The first-order chi connectivity index (χ1) is 22.7. The molecule has 2 unspecified atom stereocenters. The average Bonchev–Trinajstić information content (AvgIpc) is 3.71. The van der Waals surface area contributed by atoms with Gasteiger partial charge < -0.3 is 30.7 Å². The lowest BCUT2D eigenvalue weighted by Gasteiger charge is -2.41. The Morgan fingerprint density at radius 1 is 1.15 bits per heavy atom. The van der Waals surface area contributed by atoms with E-state index in [2.05, 4.69) is 30.7 Å². The third-order valence-corrected chi connectivity index (χ3v) is 11.0. The largest absolute Gasteiger partial charge is 0.508 e. The van der Waals surface area contributed by atoms with Crippen molar-refractivity contribution in [2.24, 2.45) is 0 Å². The van der Waals surface area contributed by atoms with Crippen molar-refractivity contribution in [3.63, 3.8) is 0 Å². The Kier molecular flexibility index (Phi) is 7.30. The zero-order valence-electron chi connectivity index (χ0n) is 26.4. The van der Waals surface area contributed by atoms with Gasteiger partial charge in [0.2, 0.25) is 0 Å². The van der Waals surface area contributed by atoms with Crippen LogP contribution in [-0.4, -0.2) is 88.8 Å². The van der Waals surface area contributed by atoms with E-state index in [1.54, 1.807) is 12.1 Å². The summed E-state index contributed by atoms with van der Waals surface area (Å²) in [5.41, 5.74) is 1.49. The van der Waals surface area contributed by atoms with Crippen LogP contribution in [0.4, 0.5) is 23.8 Å². The molecule has 47 heavy (non-hydrogen) atoms. The van der Waals surface area contributed by atoms with E-state index in [4.69, 9.17) is 9.72 Å². The predicted molar refractivity (Wildman–Crippen MR) is 171 cm³/mol. The molecule has 0 bridgehead atoms. The molecule has 250 valence electrons. The molecule has 10 nitrogen and oxygen atoms in total. The maximum atomic E-state index is 17.0. The SMILES string of the molecule is CCC1c2c(cc(O)cc2C2=C(F)c3nc(OC[C@@]45CCCN4C[C@H](F)C5)nc(N4CCC[C@@]5(CNC(=O)N5)C4)c3CN2)C=CC1F. The first-order valence-electron chi connectivity index (χ1n) is 16.7. The number of anilines is 1. The van der Waals surface area contributed by atoms with Crippen LogP contribution >= 0.6 is 0 Å². The fourth-order valence-electron chi connectivity index (χ4n) is 8.83. The Balaban J connectivity index is 1.22. The van der Waals surface area contributed by atoms with E-state index in [0.29, 0.717) is 67.1 Å². The number of carbonyl (C=O) groups is 1. The fourth-order valence-corrected chi connectivity index (χ4v) is 8.83. The van der Waals surface area contributed by atoms with Crippen molar-refractivity contribution in [2.45, 2.75) is 81.3 Å². The van der Waals surface area contributed by atoms with Crippen LogP contribution in [0.5, 0.6) is 11.8 Å². The number of nitrogens with zero attached hydrogens (tertiary/aromatic N) is 4. The highest BCUT2D eigenvalue weighted by molar-refractivity contribution is 5.91. The molecule has 1 aromatic carbocycles. The molecule has 0 radical (unpaired) electrons. The quantitative estimate of drug-likeness (QED) is 0.360. The number of carbonyl (C=O) groups excluding carboxylic acids is 1. The van der Waals surface area contributed by atoms with E-state index in [1.165, 1.54) is 12.1 Å². The molecule has 6 aliphatic rings. The van der Waals surface area contributed by atoms with Gasteiger partial charge in [0.25, 0.3) is 0 Å². The highest BCUT2D eigenvalue weighted by Crippen LogP contribution is 2.45. The number of phenols is 1. The Bertz CT molecular complexity index is 1690. The van der Waals surface area contributed by atoms with Crippen LogP contribution in [0, 0.1) is 0 Å². The number of hydrogen-bond acceptors (Lipinski definition) is 8. The van der Waals surface area contributed by atoms with Crippen molar-refractivity contribution in [3.05, 3.63) is 46.2 Å². The van der Waals surface area contributed by atoms with Crippen LogP contribution in [0.2, 0.25) is 0 Å². The molecule has 4 N–H and O–H groups in total. The summed E-state index contributed by atoms with van der Waals surface area (Å²) < 4.78 is 52.9. The molecule has 2 aromatic rings. The van der Waals surface area contributed by atoms with Gasteiger partial charge in [0.1, 0.15) is 36.2 Å². The second kappa shape index (κ2) is 11.3. The second-order valence-corrected chi connectivity index (χ2v) is 14.0. The number of piperidine rings is 1. The van der Waals surface area contributed by atoms with E-state index in [0.717, 1.165) is 32.2 Å². The Hall–Kier alpha value is -4.00. The molecule has 5 atom stereocenters. The number of benzene rings is 1. The molecule has 0 saturated carbocycles. The number of amides is 2. The number of phenolic OH excluding ortho intramolecular Hbond substituents is 1. The monoisotopic (exact) mass is 651 g/mol. The molecule has 4 saturated heterocycles. The normalized spacial score (nSPS) is 31.4. The summed E-state index contributed by atoms with van der Waals surface area (Å²) in [5, 5.41) is 19.8. The number of allylic oxidation sites excluding steroid dienone is 1. The minimum atomic E-state index is -1.24. The molecule has 1 aromatic heterocycles. The zero-order valence-corrected chi connectivity index (χ0v) is 26.4. The van der Waals surface area contributed by atoms with Crippen LogP contribution in [0.25, 0.3) is 17.6 Å². The number of fused-ring (bicyclic) bond motifs is 3. The third kappa shape index (κ3) is 5.08. The van der Waals surface area contributed by atoms with E-state index < -0.39 is 35.2 Å². The lowest BCUT2D eigenvalue weighted by atomic mass is 9.80. The molecular formula is C34H40F3N7O3. The standard InChI is InChI=1S/C34H40F3N7O3/c1-2-22-25(36)6-5-19-11-21(45)12-23(26(19)22)28-27(37)29-24(14-38-28)30(43-9-3-7-33(17-43)16-39-31(46)42-33)41-32(40-29)47-18-34-8-4-10-44(34)15-20(35)13-34/h5-6,11-12,20,22,25,38,45H,2-4,7-10,13-18H2,1H3,(H2,39,42,46)/t20-,22?,25?,33-,34+/m1/s1. The fraction of sp³-hybridized carbons (Fsp3) is 0.559. The van der Waals surface area contributed by atoms with Gasteiger partial charge in [0, 0.05) is 56.2 Å². The number of urea groups is 1. The molecular weight excluding hydrogens is 611 g/mol. The van der Waals surface area contributed by atoms with Gasteiger partial charge in [-0.1, -0.05) is 13.0 Å². The number of halogens is 3. The smallest absolute Gasteiger partial charge is 0.319 e. The highest BCUT2D eigenvalue weighted by atomic mass is 19.1. The minimum absolute atomic E-state index is 0.00279. The van der Waals surface area contributed by atoms with Gasteiger partial charge in [0.05, 0.1) is 16.8 Å². The van der Waals surface area contributed by atoms with Gasteiger partial charge in [-0.15, -0.1) is 0 Å². The van der Waals surface area contributed by atoms with Crippen molar-refractivity contribution < 1.29 is 27.8 Å². The summed E-state index contributed by atoms with van der Waals surface area (Å²) in [6.07, 6.45) is 5.16. The predicted octanol–water partition coefficient (Wildman–Crippen LogP) is 4.55. The summed E-state index contributed by atoms with van der Waals surface area (Å²) in [6, 6.07) is 2.84. The molecule has 2 amide bonds. The summed E-state index contributed by atoms with van der Waals surface area (Å²) in [5.74, 6) is -0.697. The van der Waals surface area contributed by atoms with Crippen LogP contribution in [0.3, 0.4) is 0 Å². The van der Waals surface area contributed by atoms with Gasteiger partial charge in [0.15, 0.2) is 5.83 Å². The van der Waals surface area contributed by atoms with Gasteiger partial charge >= 0.3 is 12.0 Å². The van der Waals surface area contributed by atoms with Crippen molar-refractivity contribution in [1.29, 1.82) is 0 Å². The maximum absolute atomic E-state index is 17.0. The molecule has 4 fully saturated rings. The first kappa shape index (κ1) is 30.3. The lowest BCUT2D eigenvalue weighted by molar-refractivity contribution is 0.107. The van der Waals surface area contributed by atoms with E-state index in [9.17, 15) is 14.3 Å². The third-order valence-electron chi connectivity index (χ3n) is 11.0. The zero-order chi connectivity index (χ0) is 32.5. The first-order valence-corrected chi connectivity index (χ1v) is 16.7. The molecule has 1 spiro atoms.